The summed E-state index contributed by atoms with van der Waals surface area (Å²) in [6.07, 6.45) is 1.38. The van der Waals surface area contributed by atoms with Crippen molar-refractivity contribution in [1.82, 2.24) is 10.2 Å². The van der Waals surface area contributed by atoms with Crippen molar-refractivity contribution in [3.63, 3.8) is 0 Å². The van der Waals surface area contributed by atoms with E-state index in [9.17, 15) is 18.0 Å². The van der Waals surface area contributed by atoms with Crippen LogP contribution in [-0.2, 0) is 26.2 Å². The first-order valence-electron chi connectivity index (χ1n) is 10.2. The SMILES string of the molecule is CCNC(=O)[C@H](CC)N(Cc1ccc(Cl)c(Cl)c1)C(=O)CN(c1ccc(Br)cc1)S(C)(=O)=O. The van der Waals surface area contributed by atoms with Gasteiger partial charge in [0, 0.05) is 17.6 Å². The van der Waals surface area contributed by atoms with Gasteiger partial charge in [-0.15, -0.1) is 0 Å². The van der Waals surface area contributed by atoms with Gasteiger partial charge in [0.2, 0.25) is 21.8 Å². The van der Waals surface area contributed by atoms with Crippen molar-refractivity contribution in [3.05, 3.63) is 62.5 Å². The Morgan fingerprint density at radius 2 is 1.70 bits per heavy atom. The van der Waals surface area contributed by atoms with Crippen molar-refractivity contribution in [2.75, 3.05) is 23.7 Å². The number of carbonyl (C=O) groups excluding carboxylic acids is 2. The Morgan fingerprint density at radius 3 is 2.21 bits per heavy atom. The molecule has 1 atom stereocenters. The summed E-state index contributed by atoms with van der Waals surface area (Å²) in [6.45, 7) is 3.58. The summed E-state index contributed by atoms with van der Waals surface area (Å²) in [4.78, 5) is 27.6. The molecule has 1 N–H and O–H groups in total. The number of hydrogen-bond donors (Lipinski definition) is 1. The highest BCUT2D eigenvalue weighted by Gasteiger charge is 2.31. The molecule has 2 rings (SSSR count). The number of benzene rings is 2. The van der Waals surface area contributed by atoms with Crippen molar-refractivity contribution in [3.8, 4) is 0 Å². The smallest absolute Gasteiger partial charge is 0.244 e. The maximum atomic E-state index is 13.5. The molecule has 0 spiro atoms. The lowest BCUT2D eigenvalue weighted by Gasteiger charge is -2.32. The first kappa shape index (κ1) is 27.4. The van der Waals surface area contributed by atoms with Crippen LogP contribution in [0.4, 0.5) is 5.69 Å². The lowest BCUT2D eigenvalue weighted by atomic mass is 10.1. The molecule has 7 nitrogen and oxygen atoms in total. The summed E-state index contributed by atoms with van der Waals surface area (Å²) in [7, 11) is -3.78. The van der Waals surface area contributed by atoms with Crippen LogP contribution in [0.5, 0.6) is 0 Å². The van der Waals surface area contributed by atoms with Gasteiger partial charge in [-0.05, 0) is 55.3 Å². The molecule has 2 aromatic carbocycles. The Hall–Kier alpha value is -1.81. The molecule has 0 radical (unpaired) electrons. The molecule has 2 amide bonds. The van der Waals surface area contributed by atoms with Crippen LogP contribution in [0.15, 0.2) is 46.9 Å². The number of amides is 2. The van der Waals surface area contributed by atoms with Gasteiger partial charge in [0.15, 0.2) is 0 Å². The highest BCUT2D eigenvalue weighted by Crippen LogP contribution is 2.25. The zero-order valence-corrected chi connectivity index (χ0v) is 22.4. The Kier molecular flexibility index (Phi) is 10.0. The van der Waals surface area contributed by atoms with E-state index in [-0.39, 0.29) is 12.5 Å². The van der Waals surface area contributed by atoms with E-state index in [1.807, 2.05) is 0 Å². The quantitative estimate of drug-likeness (QED) is 0.451. The summed E-state index contributed by atoms with van der Waals surface area (Å²) < 4.78 is 26.8. The maximum Gasteiger partial charge on any atom is 0.244 e. The molecule has 0 aromatic heterocycles. The van der Waals surface area contributed by atoms with Gasteiger partial charge >= 0.3 is 0 Å². The monoisotopic (exact) mass is 577 g/mol. The number of nitrogens with one attached hydrogen (secondary N) is 1. The number of nitrogens with zero attached hydrogens (tertiary/aromatic N) is 2. The zero-order chi connectivity index (χ0) is 24.8. The van der Waals surface area contributed by atoms with E-state index in [0.717, 1.165) is 15.0 Å². The lowest BCUT2D eigenvalue weighted by Crippen LogP contribution is -2.52. The van der Waals surface area contributed by atoms with Gasteiger partial charge in [-0.2, -0.15) is 0 Å². The number of carbonyl (C=O) groups is 2. The largest absolute Gasteiger partial charge is 0.355 e. The second-order valence-electron chi connectivity index (χ2n) is 7.33. The van der Waals surface area contributed by atoms with Gasteiger partial charge in [0.25, 0.3) is 0 Å². The molecule has 0 bridgehead atoms. The van der Waals surface area contributed by atoms with Gasteiger partial charge < -0.3 is 10.2 Å². The third kappa shape index (κ3) is 7.60. The van der Waals surface area contributed by atoms with Gasteiger partial charge in [-0.25, -0.2) is 8.42 Å². The van der Waals surface area contributed by atoms with E-state index in [1.165, 1.54) is 4.90 Å². The van der Waals surface area contributed by atoms with Gasteiger partial charge in [-0.3, -0.25) is 13.9 Å². The molecule has 0 fully saturated rings. The van der Waals surface area contributed by atoms with E-state index in [1.54, 1.807) is 56.3 Å². The molecule has 0 aliphatic rings. The Bertz CT molecular complexity index is 1100. The summed E-state index contributed by atoms with van der Waals surface area (Å²) >= 11 is 15.5. The van der Waals surface area contributed by atoms with Crippen molar-refractivity contribution in [2.24, 2.45) is 0 Å². The van der Waals surface area contributed by atoms with Crippen LogP contribution in [-0.4, -0.2) is 50.5 Å². The first-order valence-corrected chi connectivity index (χ1v) is 13.6. The molecule has 0 saturated carbocycles. The van der Waals surface area contributed by atoms with Crippen LogP contribution in [0.2, 0.25) is 10.0 Å². The topological polar surface area (TPSA) is 86.8 Å². The molecule has 2 aromatic rings. The molecule has 33 heavy (non-hydrogen) atoms. The molecule has 0 saturated heterocycles. The molecule has 0 heterocycles. The second kappa shape index (κ2) is 12.1. The summed E-state index contributed by atoms with van der Waals surface area (Å²) in [5.41, 5.74) is 1.00. The predicted octanol–water partition coefficient (Wildman–Crippen LogP) is 4.47. The summed E-state index contributed by atoms with van der Waals surface area (Å²) in [5, 5.41) is 3.43. The number of likely N-dealkylation sites (N-methyl/N-ethyl adjacent to an activating group) is 1. The number of hydrogen-bond acceptors (Lipinski definition) is 4. The average molecular weight is 579 g/mol. The molecular weight excluding hydrogens is 553 g/mol. The molecule has 180 valence electrons. The normalized spacial score (nSPS) is 12.2. The Labute approximate surface area is 213 Å². The third-order valence-electron chi connectivity index (χ3n) is 4.87. The molecule has 11 heteroatoms. The Morgan fingerprint density at radius 1 is 1.06 bits per heavy atom. The predicted molar refractivity (Wildman–Crippen MR) is 136 cm³/mol. The summed E-state index contributed by atoms with van der Waals surface area (Å²) in [6, 6.07) is 10.7. The van der Waals surface area contributed by atoms with Crippen molar-refractivity contribution < 1.29 is 18.0 Å². The van der Waals surface area contributed by atoms with Crippen LogP contribution < -0.4 is 9.62 Å². The highest BCUT2D eigenvalue weighted by atomic mass is 79.9. The van der Waals surface area contributed by atoms with E-state index >= 15 is 0 Å². The van der Waals surface area contributed by atoms with Crippen LogP contribution in [0.25, 0.3) is 0 Å². The minimum Gasteiger partial charge on any atom is -0.355 e. The van der Waals surface area contributed by atoms with Crippen LogP contribution in [0, 0.1) is 0 Å². The van der Waals surface area contributed by atoms with Gasteiger partial charge in [0.1, 0.15) is 12.6 Å². The fraction of sp³-hybridized carbons (Fsp3) is 0.364. The first-order chi connectivity index (χ1) is 15.5. The average Bonchev–Trinajstić information content (AvgIpc) is 2.74. The number of halogens is 3. The van der Waals surface area contributed by atoms with Gasteiger partial charge in [0.05, 0.1) is 22.0 Å². The minimum absolute atomic E-state index is 0.0588. The van der Waals surface area contributed by atoms with Crippen molar-refractivity contribution >= 4 is 66.7 Å². The maximum absolute atomic E-state index is 13.5. The van der Waals surface area contributed by atoms with Crippen LogP contribution in [0.1, 0.15) is 25.8 Å². The number of sulfonamides is 1. The van der Waals surface area contributed by atoms with E-state index < -0.39 is 28.5 Å². The van der Waals surface area contributed by atoms with Crippen LogP contribution >= 0.6 is 39.1 Å². The molecule has 0 aliphatic heterocycles. The number of rotatable bonds is 10. The van der Waals surface area contributed by atoms with E-state index in [2.05, 4.69) is 21.2 Å². The van der Waals surface area contributed by atoms with Crippen molar-refractivity contribution in [1.29, 1.82) is 0 Å². The van der Waals surface area contributed by atoms with Gasteiger partial charge in [-0.1, -0.05) is 52.1 Å². The highest BCUT2D eigenvalue weighted by molar-refractivity contribution is 9.10. The van der Waals surface area contributed by atoms with E-state index in [4.69, 9.17) is 23.2 Å². The summed E-state index contributed by atoms with van der Waals surface area (Å²) in [5.74, 6) is -0.838. The number of anilines is 1. The fourth-order valence-corrected chi connectivity index (χ4v) is 4.70. The fourth-order valence-electron chi connectivity index (χ4n) is 3.27. The third-order valence-corrected chi connectivity index (χ3v) is 7.28. The van der Waals surface area contributed by atoms with E-state index in [0.29, 0.717) is 34.3 Å². The zero-order valence-electron chi connectivity index (χ0n) is 18.5. The molecule has 0 aliphatic carbocycles. The molecule has 0 unspecified atom stereocenters. The standard InChI is InChI=1S/C22H26BrCl2N3O4S/c1-4-20(22(30)26-5-2)27(13-15-6-11-18(24)19(25)12-15)21(29)14-28(33(3,31)32)17-9-7-16(23)8-10-17/h6-12,20H,4-5,13-14H2,1-3H3,(H,26,30)/t20-/m0/s1. The lowest BCUT2D eigenvalue weighted by molar-refractivity contribution is -0.140. The van der Waals surface area contributed by atoms with Crippen molar-refractivity contribution in [2.45, 2.75) is 32.9 Å². The van der Waals surface area contributed by atoms with Crippen LogP contribution in [0.3, 0.4) is 0 Å². The molecular formula is C22H26BrCl2N3O4S. The minimum atomic E-state index is -3.78. The Balaban J connectivity index is 2.44. The second-order valence-corrected chi connectivity index (χ2v) is 11.0.